The second-order valence-corrected chi connectivity index (χ2v) is 8.93. The van der Waals surface area contributed by atoms with Crippen molar-refractivity contribution >= 4 is 29.3 Å². The number of thioether (sulfide) groups is 1. The zero-order chi connectivity index (χ0) is 23.3. The van der Waals surface area contributed by atoms with Gasteiger partial charge in [0.25, 0.3) is 5.91 Å². The molecule has 2 N–H and O–H groups in total. The number of benzene rings is 2. The normalized spacial score (nSPS) is 11.8. The van der Waals surface area contributed by atoms with Gasteiger partial charge in [-0.1, -0.05) is 48.5 Å². The molecule has 7 nitrogen and oxygen atoms in total. The first kappa shape index (κ1) is 23.5. The van der Waals surface area contributed by atoms with Gasteiger partial charge in [-0.05, 0) is 56.5 Å². The molecule has 0 bridgehead atoms. The van der Waals surface area contributed by atoms with Crippen LogP contribution in [-0.2, 0) is 18.4 Å². The Hall–Kier alpha value is -3.13. The Kier molecular flexibility index (Phi) is 7.69. The molecule has 1 atom stereocenters. The maximum atomic E-state index is 12.9. The third-order valence-electron chi connectivity index (χ3n) is 5.39. The summed E-state index contributed by atoms with van der Waals surface area (Å²) in [6.45, 7) is 8.19. The molecule has 0 aliphatic rings. The predicted octanol–water partition coefficient (Wildman–Crippen LogP) is 4.18. The van der Waals surface area contributed by atoms with Gasteiger partial charge in [-0.2, -0.15) is 0 Å². The maximum Gasteiger partial charge on any atom is 0.251 e. The summed E-state index contributed by atoms with van der Waals surface area (Å²) in [5.74, 6) is 0.395. The molecule has 0 unspecified atom stereocenters. The summed E-state index contributed by atoms with van der Waals surface area (Å²) in [5, 5.41) is 14.7. The minimum absolute atomic E-state index is 0.0662. The van der Waals surface area contributed by atoms with E-state index in [2.05, 4.69) is 20.8 Å². The molecule has 8 heteroatoms. The minimum atomic E-state index is -0.312. The summed E-state index contributed by atoms with van der Waals surface area (Å²) >= 11 is 1.37. The fourth-order valence-electron chi connectivity index (χ4n) is 3.20. The lowest BCUT2D eigenvalue weighted by atomic mass is 10.1. The molecule has 2 amide bonds. The topological polar surface area (TPSA) is 88.9 Å². The molecule has 0 saturated heterocycles. The lowest BCUT2D eigenvalue weighted by Gasteiger charge is -2.16. The molecule has 0 fully saturated rings. The highest BCUT2D eigenvalue weighted by Crippen LogP contribution is 2.26. The zero-order valence-corrected chi connectivity index (χ0v) is 19.9. The summed E-state index contributed by atoms with van der Waals surface area (Å²) in [7, 11) is 1.84. The van der Waals surface area contributed by atoms with Crippen molar-refractivity contribution in [2.24, 2.45) is 7.05 Å². The fourth-order valence-corrected chi connectivity index (χ4v) is 4.14. The van der Waals surface area contributed by atoms with Crippen LogP contribution >= 0.6 is 11.8 Å². The first-order chi connectivity index (χ1) is 15.3. The smallest absolute Gasteiger partial charge is 0.251 e. The number of amides is 2. The van der Waals surface area contributed by atoms with E-state index in [1.807, 2.05) is 75.7 Å². The average Bonchev–Trinajstić information content (AvgIpc) is 3.12. The molecule has 32 heavy (non-hydrogen) atoms. The molecule has 0 radical (unpaired) electrons. The highest BCUT2D eigenvalue weighted by Gasteiger charge is 2.22. The van der Waals surface area contributed by atoms with E-state index in [-0.39, 0.29) is 23.6 Å². The molecule has 3 rings (SSSR count). The van der Waals surface area contributed by atoms with Gasteiger partial charge in [-0.25, -0.2) is 0 Å². The number of hydrogen-bond donors (Lipinski definition) is 2. The third-order valence-corrected chi connectivity index (χ3v) is 6.78. The van der Waals surface area contributed by atoms with E-state index in [9.17, 15) is 9.59 Å². The van der Waals surface area contributed by atoms with E-state index < -0.39 is 0 Å². The van der Waals surface area contributed by atoms with Crippen LogP contribution in [-0.4, -0.2) is 31.8 Å². The number of aryl methyl sites for hydroxylation is 2. The summed E-state index contributed by atoms with van der Waals surface area (Å²) in [4.78, 5) is 25.3. The van der Waals surface area contributed by atoms with Crippen LogP contribution < -0.4 is 10.6 Å². The van der Waals surface area contributed by atoms with Crippen molar-refractivity contribution in [3.63, 3.8) is 0 Å². The van der Waals surface area contributed by atoms with Crippen molar-refractivity contribution in [2.45, 2.75) is 51.1 Å². The predicted molar refractivity (Wildman–Crippen MR) is 128 cm³/mol. The van der Waals surface area contributed by atoms with Crippen molar-refractivity contribution in [2.75, 3.05) is 5.32 Å². The molecular formula is C24H29N5O2S. The second-order valence-electron chi connectivity index (χ2n) is 7.76. The van der Waals surface area contributed by atoms with Crippen LogP contribution in [0.1, 0.15) is 46.2 Å². The number of anilines is 1. The van der Waals surface area contributed by atoms with Gasteiger partial charge >= 0.3 is 0 Å². The zero-order valence-electron chi connectivity index (χ0n) is 19.1. The summed E-state index contributed by atoms with van der Waals surface area (Å²) in [6, 6.07) is 13.3. The van der Waals surface area contributed by atoms with Crippen molar-refractivity contribution < 1.29 is 9.59 Å². The number of nitrogens with zero attached hydrogens (tertiary/aromatic N) is 3. The van der Waals surface area contributed by atoms with Crippen LogP contribution in [0.25, 0.3) is 0 Å². The first-order valence-corrected chi connectivity index (χ1v) is 11.4. The van der Waals surface area contributed by atoms with Gasteiger partial charge in [-0.15, -0.1) is 10.2 Å². The molecular weight excluding hydrogens is 422 g/mol. The molecule has 3 aromatic rings. The maximum absolute atomic E-state index is 12.9. The summed E-state index contributed by atoms with van der Waals surface area (Å²) in [6.07, 6.45) is 0.646. The Morgan fingerprint density at radius 2 is 1.84 bits per heavy atom. The molecule has 1 aromatic heterocycles. The van der Waals surface area contributed by atoms with E-state index in [1.165, 1.54) is 11.8 Å². The highest BCUT2D eigenvalue weighted by atomic mass is 32.2. The average molecular weight is 452 g/mol. The van der Waals surface area contributed by atoms with E-state index in [0.29, 0.717) is 23.0 Å². The molecule has 2 aromatic carbocycles. The van der Waals surface area contributed by atoms with Crippen LogP contribution in [0, 0.1) is 20.8 Å². The number of carbonyl (C=O) groups excluding carboxylic acids is 2. The minimum Gasteiger partial charge on any atom is -0.345 e. The number of rotatable bonds is 8. The van der Waals surface area contributed by atoms with Gasteiger partial charge in [0.1, 0.15) is 0 Å². The fraction of sp³-hybridized carbons (Fsp3) is 0.333. The number of nitrogens with one attached hydrogen (secondary N) is 2. The van der Waals surface area contributed by atoms with Gasteiger partial charge in [0.05, 0.1) is 11.8 Å². The van der Waals surface area contributed by atoms with E-state index in [1.54, 1.807) is 6.07 Å². The number of aromatic nitrogens is 3. The lowest BCUT2D eigenvalue weighted by molar-refractivity contribution is -0.115. The molecule has 0 aliphatic heterocycles. The summed E-state index contributed by atoms with van der Waals surface area (Å²) < 4.78 is 1.81. The highest BCUT2D eigenvalue weighted by molar-refractivity contribution is 8.00. The number of carbonyl (C=O) groups is 2. The number of hydrogen-bond acceptors (Lipinski definition) is 5. The van der Waals surface area contributed by atoms with E-state index >= 15 is 0 Å². The molecule has 0 saturated carbocycles. The quantitative estimate of drug-likeness (QED) is 0.502. The second kappa shape index (κ2) is 10.5. The Morgan fingerprint density at radius 3 is 2.56 bits per heavy atom. The Morgan fingerprint density at radius 1 is 1.09 bits per heavy atom. The van der Waals surface area contributed by atoms with E-state index in [0.717, 1.165) is 22.4 Å². The lowest BCUT2D eigenvalue weighted by Crippen LogP contribution is -2.26. The van der Waals surface area contributed by atoms with Gasteiger partial charge in [0.2, 0.25) is 5.91 Å². The van der Waals surface area contributed by atoms with Gasteiger partial charge < -0.3 is 15.2 Å². The molecule has 1 heterocycles. The van der Waals surface area contributed by atoms with Crippen molar-refractivity contribution in [3.05, 3.63) is 70.5 Å². The Labute approximate surface area is 193 Å². The van der Waals surface area contributed by atoms with Crippen LogP contribution in [0.4, 0.5) is 5.69 Å². The van der Waals surface area contributed by atoms with Gasteiger partial charge in [0.15, 0.2) is 11.0 Å². The van der Waals surface area contributed by atoms with Crippen molar-refractivity contribution in [1.29, 1.82) is 0 Å². The monoisotopic (exact) mass is 451 g/mol. The molecule has 168 valence electrons. The van der Waals surface area contributed by atoms with Crippen LogP contribution in [0.5, 0.6) is 0 Å². The van der Waals surface area contributed by atoms with Gasteiger partial charge in [0, 0.05) is 18.3 Å². The van der Waals surface area contributed by atoms with Crippen LogP contribution in [0.15, 0.2) is 47.6 Å². The van der Waals surface area contributed by atoms with Gasteiger partial charge in [-0.3, -0.25) is 9.59 Å². The van der Waals surface area contributed by atoms with E-state index in [4.69, 9.17) is 0 Å². The Balaban J connectivity index is 1.63. The largest absolute Gasteiger partial charge is 0.345 e. The van der Waals surface area contributed by atoms with Crippen LogP contribution in [0.2, 0.25) is 0 Å². The van der Waals surface area contributed by atoms with Crippen molar-refractivity contribution in [1.82, 2.24) is 20.1 Å². The standard InChI is InChI=1S/C24H29N5O2S/c1-6-20(23(31)26-19-12-8-10-16(3)17(19)4)32-24-28-27-21(29(24)5)14-25-22(30)18-11-7-9-15(2)13-18/h7-13,20H,6,14H2,1-5H3,(H,25,30)(H,26,31)/t20-/m0/s1. The SMILES string of the molecule is CC[C@H](Sc1nnc(CNC(=O)c2cccc(C)c2)n1C)C(=O)Nc1cccc(C)c1C. The molecule has 0 spiro atoms. The third kappa shape index (κ3) is 5.56. The molecule has 0 aliphatic carbocycles. The van der Waals surface area contributed by atoms with Crippen LogP contribution in [0.3, 0.4) is 0 Å². The Bertz CT molecular complexity index is 1130. The first-order valence-electron chi connectivity index (χ1n) is 10.6. The summed E-state index contributed by atoms with van der Waals surface area (Å²) in [5.41, 5.74) is 4.65. The van der Waals surface area contributed by atoms with Crippen molar-refractivity contribution in [3.8, 4) is 0 Å².